The minimum absolute atomic E-state index is 0.237. The Kier molecular flexibility index (Phi) is 1.93. The highest BCUT2D eigenvalue weighted by molar-refractivity contribution is 5.87. The zero-order valence-corrected chi connectivity index (χ0v) is 8.40. The standard InChI is InChI=1S/C12H8FNO3/c13-9-2-1-3-10(6-9)14-7-8(12(16)17)4-5-11(14)15/h1-7H,(H,16,17)/i2D,3D,6D. The summed E-state index contributed by atoms with van der Waals surface area (Å²) in [6.07, 6.45) is 0.916. The first kappa shape index (κ1) is 7.78. The molecule has 1 aromatic heterocycles. The lowest BCUT2D eigenvalue weighted by Gasteiger charge is -2.06. The maximum absolute atomic E-state index is 13.6. The van der Waals surface area contributed by atoms with Crippen molar-refractivity contribution in [1.82, 2.24) is 4.57 Å². The van der Waals surface area contributed by atoms with Gasteiger partial charge in [0.25, 0.3) is 5.56 Å². The van der Waals surface area contributed by atoms with Crippen molar-refractivity contribution in [3.8, 4) is 5.69 Å². The third-order valence-corrected chi connectivity index (χ3v) is 2.03. The molecule has 0 atom stereocenters. The summed E-state index contributed by atoms with van der Waals surface area (Å²) in [5.41, 5.74) is -1.33. The highest BCUT2D eigenvalue weighted by Crippen LogP contribution is 2.08. The number of rotatable bonds is 2. The molecule has 0 aliphatic heterocycles. The van der Waals surface area contributed by atoms with E-state index in [0.717, 1.165) is 29.0 Å². The number of hydrogen-bond acceptors (Lipinski definition) is 2. The van der Waals surface area contributed by atoms with Crippen molar-refractivity contribution in [2.75, 3.05) is 0 Å². The smallest absolute Gasteiger partial charge is 0.337 e. The van der Waals surface area contributed by atoms with Crippen LogP contribution in [-0.2, 0) is 0 Å². The number of hydrogen-bond donors (Lipinski definition) is 1. The Bertz CT molecular complexity index is 773. The Balaban J connectivity index is 2.81. The molecule has 1 N–H and O–H groups in total. The molecule has 0 bridgehead atoms. The molecule has 0 saturated heterocycles. The van der Waals surface area contributed by atoms with Crippen molar-refractivity contribution < 1.29 is 18.4 Å². The van der Waals surface area contributed by atoms with Crippen LogP contribution in [0.1, 0.15) is 14.5 Å². The highest BCUT2D eigenvalue weighted by atomic mass is 19.1. The van der Waals surface area contributed by atoms with E-state index in [9.17, 15) is 14.0 Å². The first-order valence-electron chi connectivity index (χ1n) is 6.05. The van der Waals surface area contributed by atoms with Gasteiger partial charge in [0.1, 0.15) is 5.82 Å². The molecule has 5 heteroatoms. The maximum Gasteiger partial charge on any atom is 0.337 e. The van der Waals surface area contributed by atoms with Crippen LogP contribution in [-0.4, -0.2) is 15.6 Å². The Morgan fingerprint density at radius 2 is 2.18 bits per heavy atom. The van der Waals surface area contributed by atoms with Gasteiger partial charge in [0.2, 0.25) is 0 Å². The van der Waals surface area contributed by atoms with Crippen LogP contribution in [0.2, 0.25) is 0 Å². The summed E-state index contributed by atoms with van der Waals surface area (Å²) in [6, 6.07) is 1.03. The van der Waals surface area contributed by atoms with E-state index in [4.69, 9.17) is 9.22 Å². The molecule has 0 spiro atoms. The largest absolute Gasteiger partial charge is 0.478 e. The van der Waals surface area contributed by atoms with Crippen molar-refractivity contribution in [2.24, 2.45) is 0 Å². The molecule has 1 heterocycles. The number of aromatic carboxylic acids is 1. The zero-order chi connectivity index (χ0) is 15.0. The van der Waals surface area contributed by atoms with E-state index in [1.807, 2.05) is 0 Å². The Morgan fingerprint density at radius 1 is 1.41 bits per heavy atom. The second-order valence-corrected chi connectivity index (χ2v) is 3.15. The molecule has 0 aliphatic rings. The molecular weight excluding hydrogens is 225 g/mol. The summed E-state index contributed by atoms with van der Waals surface area (Å²) in [5, 5.41) is 8.87. The summed E-state index contributed by atoms with van der Waals surface area (Å²) in [6.45, 7) is 0. The van der Waals surface area contributed by atoms with E-state index >= 15 is 0 Å². The maximum atomic E-state index is 13.6. The highest BCUT2D eigenvalue weighted by Gasteiger charge is 2.06. The summed E-state index contributed by atoms with van der Waals surface area (Å²) >= 11 is 0. The van der Waals surface area contributed by atoms with Gasteiger partial charge >= 0.3 is 5.97 Å². The van der Waals surface area contributed by atoms with Crippen molar-refractivity contribution in [1.29, 1.82) is 0 Å². The topological polar surface area (TPSA) is 59.3 Å². The molecule has 86 valence electrons. The molecule has 0 saturated carbocycles. The lowest BCUT2D eigenvalue weighted by Crippen LogP contribution is -2.18. The van der Waals surface area contributed by atoms with E-state index in [0.29, 0.717) is 0 Å². The van der Waals surface area contributed by atoms with E-state index in [2.05, 4.69) is 0 Å². The number of benzene rings is 1. The first-order chi connectivity index (χ1) is 9.32. The fraction of sp³-hybridized carbons (Fsp3) is 0. The summed E-state index contributed by atoms with van der Waals surface area (Å²) in [4.78, 5) is 22.6. The fourth-order valence-corrected chi connectivity index (χ4v) is 1.26. The second-order valence-electron chi connectivity index (χ2n) is 3.15. The summed E-state index contributed by atoms with van der Waals surface area (Å²) in [5.74, 6) is -2.47. The lowest BCUT2D eigenvalue weighted by atomic mass is 10.2. The van der Waals surface area contributed by atoms with E-state index < -0.39 is 41.2 Å². The molecule has 4 nitrogen and oxygen atoms in total. The number of carbonyl (C=O) groups is 1. The third kappa shape index (κ3) is 2.23. The number of pyridine rings is 1. The third-order valence-electron chi connectivity index (χ3n) is 2.03. The van der Waals surface area contributed by atoms with Crippen molar-refractivity contribution in [3.05, 3.63) is 64.3 Å². The SMILES string of the molecule is [2H]c1cc([2H])c(-n2cc(C(=O)O)ccc2=O)c([2H])c1F. The van der Waals surface area contributed by atoms with Crippen LogP contribution < -0.4 is 5.56 Å². The van der Waals surface area contributed by atoms with Gasteiger partial charge < -0.3 is 5.11 Å². The van der Waals surface area contributed by atoms with Gasteiger partial charge in [0, 0.05) is 12.3 Å². The van der Waals surface area contributed by atoms with Gasteiger partial charge in [-0.15, -0.1) is 0 Å². The molecule has 0 amide bonds. The number of halogens is 1. The minimum Gasteiger partial charge on any atom is -0.478 e. The van der Waals surface area contributed by atoms with Crippen molar-refractivity contribution in [3.63, 3.8) is 0 Å². The van der Waals surface area contributed by atoms with E-state index in [1.165, 1.54) is 0 Å². The van der Waals surface area contributed by atoms with Gasteiger partial charge in [-0.3, -0.25) is 9.36 Å². The monoisotopic (exact) mass is 236 g/mol. The Morgan fingerprint density at radius 3 is 2.88 bits per heavy atom. The van der Waals surface area contributed by atoms with Crippen LogP contribution >= 0.6 is 0 Å². The van der Waals surface area contributed by atoms with Crippen molar-refractivity contribution >= 4 is 5.97 Å². The lowest BCUT2D eigenvalue weighted by molar-refractivity contribution is 0.0696. The summed E-state index contributed by atoms with van der Waals surface area (Å²) in [7, 11) is 0. The predicted octanol–water partition coefficient (Wildman–Crippen LogP) is 1.67. The first-order valence-corrected chi connectivity index (χ1v) is 4.55. The fourth-order valence-electron chi connectivity index (χ4n) is 1.26. The molecule has 0 radical (unpaired) electrons. The average molecular weight is 236 g/mol. The van der Waals surface area contributed by atoms with Crippen LogP contribution in [0.5, 0.6) is 0 Å². The Labute approximate surface area is 99.8 Å². The second kappa shape index (κ2) is 4.21. The zero-order valence-electron chi connectivity index (χ0n) is 11.4. The molecule has 0 aliphatic carbocycles. The van der Waals surface area contributed by atoms with Crippen molar-refractivity contribution in [2.45, 2.75) is 0 Å². The molecule has 17 heavy (non-hydrogen) atoms. The van der Waals surface area contributed by atoms with Gasteiger partial charge in [-0.2, -0.15) is 0 Å². The number of nitrogens with zero attached hydrogens (tertiary/aromatic N) is 1. The van der Waals surface area contributed by atoms with E-state index in [1.54, 1.807) is 0 Å². The molecule has 0 fully saturated rings. The number of aromatic nitrogens is 1. The quantitative estimate of drug-likeness (QED) is 0.862. The van der Waals surface area contributed by atoms with Crippen LogP contribution in [0.3, 0.4) is 0 Å². The van der Waals surface area contributed by atoms with Crippen LogP contribution in [0, 0.1) is 5.82 Å². The minimum atomic E-state index is -1.30. The normalized spacial score (nSPS) is 12.6. The van der Waals surface area contributed by atoms with Gasteiger partial charge in [-0.05, 0) is 24.2 Å². The average Bonchev–Trinajstić information content (AvgIpc) is 2.38. The van der Waals surface area contributed by atoms with Crippen LogP contribution in [0.25, 0.3) is 5.69 Å². The van der Waals surface area contributed by atoms with Crippen LogP contribution in [0.15, 0.2) is 47.3 Å². The Hall–Kier alpha value is -2.43. The molecule has 2 aromatic rings. The van der Waals surface area contributed by atoms with Gasteiger partial charge in [0.05, 0.1) is 15.4 Å². The molecule has 0 unspecified atom stereocenters. The number of carboxylic acid groups (broad SMARTS) is 1. The van der Waals surface area contributed by atoms with Crippen LogP contribution in [0.4, 0.5) is 4.39 Å². The molecule has 1 aromatic carbocycles. The van der Waals surface area contributed by atoms with Gasteiger partial charge in [0.15, 0.2) is 0 Å². The predicted molar refractivity (Wildman–Crippen MR) is 59.0 cm³/mol. The molecule has 2 rings (SSSR count). The summed E-state index contributed by atoms with van der Waals surface area (Å²) < 4.78 is 36.7. The number of carboxylic acids is 1. The van der Waals surface area contributed by atoms with Gasteiger partial charge in [-0.1, -0.05) is 6.07 Å². The van der Waals surface area contributed by atoms with Gasteiger partial charge in [-0.25, -0.2) is 9.18 Å². The molecular formula is C12H8FNO3. The van der Waals surface area contributed by atoms with E-state index in [-0.39, 0.29) is 5.56 Å².